The highest BCUT2D eigenvalue weighted by atomic mass is 32.1. The largest absolute Gasteiger partial charge is 0.491 e. The van der Waals surface area contributed by atoms with Gasteiger partial charge in [-0.2, -0.15) is 0 Å². The maximum absolute atomic E-state index is 11.4. The van der Waals surface area contributed by atoms with Crippen LogP contribution >= 0.6 is 11.3 Å². The third kappa shape index (κ3) is 4.69. The number of hydrogen-bond donors (Lipinski definition) is 2. The lowest BCUT2D eigenvalue weighted by molar-refractivity contribution is 0.0216. The fourth-order valence-corrected chi connectivity index (χ4v) is 5.14. The van der Waals surface area contributed by atoms with Crippen molar-refractivity contribution in [2.45, 2.75) is 65.9 Å². The Balaban J connectivity index is 1.96. The van der Waals surface area contributed by atoms with Crippen molar-refractivity contribution in [2.24, 2.45) is 5.41 Å². The Labute approximate surface area is 194 Å². The van der Waals surface area contributed by atoms with Gasteiger partial charge in [-0.3, -0.25) is 0 Å². The molecule has 0 spiro atoms. The molecular weight excluding hydrogens is 420 g/mol. The summed E-state index contributed by atoms with van der Waals surface area (Å²) in [5, 5.41) is 20.6. The van der Waals surface area contributed by atoms with E-state index in [1.54, 1.807) is 6.07 Å². The first-order valence-electron chi connectivity index (χ1n) is 11.2. The number of thiophene rings is 1. The van der Waals surface area contributed by atoms with Crippen LogP contribution in [0.5, 0.6) is 5.75 Å². The molecule has 2 N–H and O–H groups in total. The van der Waals surface area contributed by atoms with Crippen LogP contribution in [-0.4, -0.2) is 28.9 Å². The molecule has 0 saturated heterocycles. The second-order valence-electron chi connectivity index (χ2n) is 9.63. The molecule has 0 aliphatic rings. The number of aliphatic hydroxyl groups is 1. The van der Waals surface area contributed by atoms with Crippen molar-refractivity contribution >= 4 is 27.4 Å². The molecule has 0 radical (unpaired) electrons. The summed E-state index contributed by atoms with van der Waals surface area (Å²) in [6.45, 7) is 12.7. The number of aryl methyl sites for hydroxylation is 1. The molecule has 0 amide bonds. The first-order chi connectivity index (χ1) is 15.0. The molecule has 1 atom stereocenters. The Hall–Kier alpha value is -2.37. The van der Waals surface area contributed by atoms with Gasteiger partial charge in [-0.25, -0.2) is 4.79 Å². The van der Waals surface area contributed by atoms with E-state index >= 15 is 0 Å². The summed E-state index contributed by atoms with van der Waals surface area (Å²) >= 11 is 1.33. The number of ether oxygens (including phenoxy) is 1. The molecule has 0 aliphatic heterocycles. The molecule has 1 aromatic heterocycles. The quantitative estimate of drug-likeness (QED) is 0.393. The van der Waals surface area contributed by atoms with Crippen LogP contribution in [0.3, 0.4) is 0 Å². The molecule has 3 aromatic rings. The number of carboxylic acids is 1. The Morgan fingerprint density at radius 2 is 1.66 bits per heavy atom. The van der Waals surface area contributed by atoms with Crippen molar-refractivity contribution in [3.63, 3.8) is 0 Å². The van der Waals surface area contributed by atoms with Gasteiger partial charge in [0.05, 0.1) is 6.10 Å². The topological polar surface area (TPSA) is 66.8 Å². The lowest BCUT2D eigenvalue weighted by Gasteiger charge is -2.34. The van der Waals surface area contributed by atoms with E-state index in [4.69, 9.17) is 4.74 Å². The molecule has 0 aliphatic carbocycles. The van der Waals surface area contributed by atoms with Gasteiger partial charge in [0.15, 0.2) is 0 Å². The zero-order valence-electron chi connectivity index (χ0n) is 19.9. The average Bonchev–Trinajstić information content (AvgIpc) is 3.17. The summed E-state index contributed by atoms with van der Waals surface area (Å²) in [6.07, 6.45) is 1.31. The maximum Gasteiger partial charge on any atom is 0.345 e. The number of hydrogen-bond acceptors (Lipinski definition) is 4. The van der Waals surface area contributed by atoms with Crippen molar-refractivity contribution in [1.29, 1.82) is 0 Å². The fraction of sp³-hybridized carbons (Fsp3) is 0.444. The van der Waals surface area contributed by atoms with E-state index in [0.717, 1.165) is 34.2 Å². The second kappa shape index (κ2) is 9.24. The minimum absolute atomic E-state index is 0.171. The lowest BCUT2D eigenvalue weighted by atomic mass is 9.70. The number of aromatic carboxylic acids is 1. The van der Waals surface area contributed by atoms with Crippen LogP contribution in [0.25, 0.3) is 10.1 Å². The molecule has 0 bridgehead atoms. The smallest absolute Gasteiger partial charge is 0.345 e. The van der Waals surface area contributed by atoms with E-state index < -0.39 is 12.1 Å². The van der Waals surface area contributed by atoms with Gasteiger partial charge in [0, 0.05) is 10.1 Å². The molecule has 4 nitrogen and oxygen atoms in total. The molecule has 172 valence electrons. The van der Waals surface area contributed by atoms with Crippen molar-refractivity contribution in [3.05, 3.63) is 64.0 Å². The van der Waals surface area contributed by atoms with Crippen LogP contribution in [0.2, 0.25) is 0 Å². The van der Waals surface area contributed by atoms with E-state index in [9.17, 15) is 15.0 Å². The zero-order valence-corrected chi connectivity index (χ0v) is 20.7. The predicted molar refractivity (Wildman–Crippen MR) is 132 cm³/mol. The molecule has 1 heterocycles. The van der Waals surface area contributed by atoms with Crippen LogP contribution < -0.4 is 4.74 Å². The third-order valence-electron chi connectivity index (χ3n) is 6.61. The number of carbonyl (C=O) groups is 1. The minimum Gasteiger partial charge on any atom is -0.491 e. The number of fused-ring (bicyclic) bond motifs is 1. The molecule has 0 fully saturated rings. The van der Waals surface area contributed by atoms with Crippen LogP contribution in [0.4, 0.5) is 0 Å². The van der Waals surface area contributed by atoms with Crippen molar-refractivity contribution in [1.82, 2.24) is 0 Å². The molecule has 5 heteroatoms. The van der Waals surface area contributed by atoms with E-state index in [1.165, 1.54) is 22.5 Å². The Morgan fingerprint density at radius 3 is 2.22 bits per heavy atom. The number of aliphatic hydroxyl groups excluding tert-OH is 1. The predicted octanol–water partition coefficient (Wildman–Crippen LogP) is 6.80. The summed E-state index contributed by atoms with van der Waals surface area (Å²) in [4.78, 5) is 11.8. The van der Waals surface area contributed by atoms with Crippen LogP contribution in [0.1, 0.15) is 73.8 Å². The standard InChI is InChI=1S/C27H34O4S/c1-7-27(8-2,20-10-9-18-14-23(25(29)30)32-22(18)15-20)19-11-12-21(17(3)13-19)31-16-24(28)26(4,5)6/h9-15,24,28H,7-8,16H2,1-6H3,(H,29,30). The Bertz CT molecular complexity index is 1100. The monoisotopic (exact) mass is 454 g/mol. The maximum atomic E-state index is 11.4. The summed E-state index contributed by atoms with van der Waals surface area (Å²) in [7, 11) is 0. The normalized spacial score (nSPS) is 13.3. The number of carboxylic acid groups (broad SMARTS) is 1. The van der Waals surface area contributed by atoms with E-state index in [0.29, 0.717) is 4.88 Å². The molecule has 0 saturated carbocycles. The van der Waals surface area contributed by atoms with Gasteiger partial charge in [-0.1, -0.05) is 58.9 Å². The molecule has 1 unspecified atom stereocenters. The summed E-state index contributed by atoms with van der Waals surface area (Å²) in [5.41, 5.74) is 3.06. The first kappa shape index (κ1) is 24.3. The van der Waals surface area contributed by atoms with Gasteiger partial charge in [0.25, 0.3) is 0 Å². The highest BCUT2D eigenvalue weighted by Crippen LogP contribution is 2.42. The van der Waals surface area contributed by atoms with Crippen molar-refractivity contribution < 1.29 is 19.7 Å². The number of rotatable bonds is 8. The SMILES string of the molecule is CCC(CC)(c1ccc(OCC(O)C(C)(C)C)c(C)c1)c1ccc2cc(C(=O)O)sc2c1. The first-order valence-corrected chi connectivity index (χ1v) is 12.0. The van der Waals surface area contributed by atoms with Gasteiger partial charge in [-0.15, -0.1) is 11.3 Å². The highest BCUT2D eigenvalue weighted by Gasteiger charge is 2.32. The van der Waals surface area contributed by atoms with Crippen LogP contribution in [0, 0.1) is 12.3 Å². The van der Waals surface area contributed by atoms with Crippen molar-refractivity contribution in [2.75, 3.05) is 6.61 Å². The Morgan fingerprint density at radius 1 is 1.03 bits per heavy atom. The van der Waals surface area contributed by atoms with Gasteiger partial charge in [0.1, 0.15) is 17.2 Å². The van der Waals surface area contributed by atoms with E-state index in [-0.39, 0.29) is 17.4 Å². The summed E-state index contributed by atoms with van der Waals surface area (Å²) < 4.78 is 6.94. The van der Waals surface area contributed by atoms with Crippen LogP contribution in [-0.2, 0) is 5.41 Å². The zero-order chi connectivity index (χ0) is 23.7. The van der Waals surface area contributed by atoms with Gasteiger partial charge in [-0.05, 0) is 65.5 Å². The average molecular weight is 455 g/mol. The molecule has 32 heavy (non-hydrogen) atoms. The second-order valence-corrected chi connectivity index (χ2v) is 10.7. The summed E-state index contributed by atoms with van der Waals surface area (Å²) in [5.74, 6) is -0.0919. The van der Waals surface area contributed by atoms with E-state index in [2.05, 4.69) is 38.1 Å². The highest BCUT2D eigenvalue weighted by molar-refractivity contribution is 7.20. The molecule has 3 rings (SSSR count). The van der Waals surface area contributed by atoms with Gasteiger partial charge >= 0.3 is 5.97 Å². The van der Waals surface area contributed by atoms with Crippen molar-refractivity contribution in [3.8, 4) is 5.75 Å². The van der Waals surface area contributed by atoms with Crippen LogP contribution in [0.15, 0.2) is 42.5 Å². The van der Waals surface area contributed by atoms with E-state index in [1.807, 2.05) is 39.8 Å². The fourth-order valence-electron chi connectivity index (χ4n) is 4.20. The third-order valence-corrected chi connectivity index (χ3v) is 7.70. The lowest BCUT2D eigenvalue weighted by Crippen LogP contribution is -2.32. The molecule has 2 aromatic carbocycles. The summed E-state index contributed by atoms with van der Waals surface area (Å²) in [6, 6.07) is 14.4. The number of benzene rings is 2. The minimum atomic E-state index is -0.882. The molecular formula is C27H34O4S. The van der Waals surface area contributed by atoms with Gasteiger partial charge < -0.3 is 14.9 Å². The van der Waals surface area contributed by atoms with Gasteiger partial charge in [0.2, 0.25) is 0 Å². The Kier molecular flexibility index (Phi) is 7.01.